The van der Waals surface area contributed by atoms with Crippen LogP contribution in [-0.4, -0.2) is 22.5 Å². The second-order valence-corrected chi connectivity index (χ2v) is 10.8. The fourth-order valence-corrected chi connectivity index (χ4v) is 5.46. The Morgan fingerprint density at radius 3 is 2.03 bits per heavy atom. The van der Waals surface area contributed by atoms with Gasteiger partial charge in [0.1, 0.15) is 17.3 Å². The summed E-state index contributed by atoms with van der Waals surface area (Å²) in [5.41, 5.74) is 0.278. The fraction of sp³-hybridized carbons (Fsp3) is 0.444. The van der Waals surface area contributed by atoms with E-state index in [0.29, 0.717) is 19.3 Å². The predicted octanol–water partition coefficient (Wildman–Crippen LogP) is 5.70. The lowest BCUT2D eigenvalue weighted by Gasteiger charge is -2.39. The van der Waals surface area contributed by atoms with Crippen molar-refractivity contribution in [3.05, 3.63) is 59.4 Å². The Balaban J connectivity index is 1.95. The van der Waals surface area contributed by atoms with Crippen LogP contribution in [0.15, 0.2) is 53.8 Å². The molecule has 1 N–H and O–H groups in total. The molecule has 4 heteroatoms. The quantitative estimate of drug-likeness (QED) is 0.649. The van der Waals surface area contributed by atoms with Crippen LogP contribution in [0.5, 0.6) is 0 Å². The summed E-state index contributed by atoms with van der Waals surface area (Å²) in [6.07, 6.45) is 1.22. The number of benzene rings is 2. The molecule has 0 aliphatic heterocycles. The molecule has 2 aliphatic carbocycles. The van der Waals surface area contributed by atoms with Crippen LogP contribution in [0.2, 0.25) is 0 Å². The average Bonchev–Trinajstić information content (AvgIpc) is 2.63. The number of hydrogen-bond donors (Lipinski definition) is 1. The first-order valence-electron chi connectivity index (χ1n) is 11.0. The fourth-order valence-electron chi connectivity index (χ4n) is 5.46. The second kappa shape index (κ2) is 7.44. The number of aliphatic hydroxyl groups is 1. The third-order valence-electron chi connectivity index (χ3n) is 6.70. The van der Waals surface area contributed by atoms with E-state index in [0.717, 1.165) is 16.3 Å². The number of hydrogen-bond acceptors (Lipinski definition) is 4. The third-order valence-corrected chi connectivity index (χ3v) is 6.70. The van der Waals surface area contributed by atoms with Crippen LogP contribution in [-0.2, 0) is 14.4 Å². The largest absolute Gasteiger partial charge is 0.512 e. The zero-order chi connectivity index (χ0) is 22.6. The molecule has 0 spiro atoms. The molecule has 0 amide bonds. The van der Waals surface area contributed by atoms with E-state index in [1.807, 2.05) is 70.2 Å². The Kier molecular flexibility index (Phi) is 5.15. The molecule has 1 atom stereocenters. The van der Waals surface area contributed by atoms with Gasteiger partial charge in [0, 0.05) is 37.2 Å². The Labute approximate surface area is 183 Å². The van der Waals surface area contributed by atoms with Gasteiger partial charge in [0.2, 0.25) is 0 Å². The maximum absolute atomic E-state index is 13.3. The van der Waals surface area contributed by atoms with Crippen LogP contribution in [0.25, 0.3) is 10.8 Å². The van der Waals surface area contributed by atoms with E-state index in [1.165, 1.54) is 0 Å². The molecule has 1 saturated carbocycles. The highest BCUT2D eigenvalue weighted by Gasteiger charge is 2.48. The van der Waals surface area contributed by atoms with Gasteiger partial charge in [-0.1, -0.05) is 70.2 Å². The molecule has 0 heterocycles. The zero-order valence-electron chi connectivity index (χ0n) is 18.7. The summed E-state index contributed by atoms with van der Waals surface area (Å²) in [5, 5.41) is 12.9. The predicted molar refractivity (Wildman–Crippen MR) is 121 cm³/mol. The van der Waals surface area contributed by atoms with Gasteiger partial charge in [-0.3, -0.25) is 14.4 Å². The van der Waals surface area contributed by atoms with E-state index in [1.54, 1.807) is 0 Å². The lowest BCUT2D eigenvalue weighted by atomic mass is 9.62. The summed E-state index contributed by atoms with van der Waals surface area (Å²) in [6.45, 7) is 7.75. The zero-order valence-corrected chi connectivity index (χ0v) is 18.7. The van der Waals surface area contributed by atoms with Crippen LogP contribution < -0.4 is 0 Å². The molecule has 4 rings (SSSR count). The van der Waals surface area contributed by atoms with Crippen molar-refractivity contribution in [2.45, 2.75) is 59.3 Å². The van der Waals surface area contributed by atoms with Gasteiger partial charge in [0.15, 0.2) is 5.78 Å². The molecule has 2 aromatic rings. The maximum Gasteiger partial charge on any atom is 0.163 e. The summed E-state index contributed by atoms with van der Waals surface area (Å²) in [7, 11) is 0. The van der Waals surface area contributed by atoms with E-state index in [2.05, 4.69) is 0 Å². The highest BCUT2D eigenvalue weighted by Crippen LogP contribution is 2.48. The van der Waals surface area contributed by atoms with Crippen molar-refractivity contribution in [1.82, 2.24) is 0 Å². The molecular formula is C27H30O4. The van der Waals surface area contributed by atoms with Gasteiger partial charge in [-0.2, -0.15) is 0 Å². The third kappa shape index (κ3) is 3.96. The average molecular weight is 419 g/mol. The van der Waals surface area contributed by atoms with Crippen molar-refractivity contribution >= 4 is 28.1 Å². The summed E-state index contributed by atoms with van der Waals surface area (Å²) >= 11 is 0. The van der Waals surface area contributed by atoms with E-state index >= 15 is 0 Å². The minimum Gasteiger partial charge on any atom is -0.512 e. The molecular weight excluding hydrogens is 388 g/mol. The van der Waals surface area contributed by atoms with Gasteiger partial charge >= 0.3 is 0 Å². The normalized spacial score (nSPS) is 22.8. The monoisotopic (exact) mass is 418 g/mol. The van der Waals surface area contributed by atoms with Crippen molar-refractivity contribution in [3.63, 3.8) is 0 Å². The number of rotatable bonds is 3. The van der Waals surface area contributed by atoms with E-state index in [9.17, 15) is 19.5 Å². The lowest BCUT2D eigenvalue weighted by molar-refractivity contribution is -0.140. The van der Waals surface area contributed by atoms with Gasteiger partial charge in [-0.25, -0.2) is 0 Å². The van der Waals surface area contributed by atoms with Crippen LogP contribution >= 0.6 is 0 Å². The number of Topliss-reactive ketones (excluding diaryl/α,β-unsaturated/α-hetero) is 3. The van der Waals surface area contributed by atoms with E-state index in [-0.39, 0.29) is 45.9 Å². The van der Waals surface area contributed by atoms with Crippen molar-refractivity contribution in [3.8, 4) is 0 Å². The Bertz CT molecular complexity index is 1090. The standard InChI is InChI=1S/C27H30O4/c1-26(2)12-19(28)24(20(29)13-26)23(25-21(30)14-27(3,4)15-22(25)31)18-11-7-9-16-8-5-6-10-17(16)18/h5-11,23-24,30H,12-15H2,1-4H3. The number of aliphatic hydroxyl groups excluding tert-OH is 1. The number of allylic oxidation sites excluding steroid dienone is 2. The van der Waals surface area contributed by atoms with E-state index < -0.39 is 11.8 Å². The summed E-state index contributed by atoms with van der Waals surface area (Å²) in [5.74, 6) is -2.14. The molecule has 31 heavy (non-hydrogen) atoms. The molecule has 2 aliphatic rings. The highest BCUT2D eigenvalue weighted by molar-refractivity contribution is 6.10. The molecule has 0 saturated heterocycles. The molecule has 1 fully saturated rings. The maximum atomic E-state index is 13.3. The first-order valence-corrected chi connectivity index (χ1v) is 11.0. The number of carbonyl (C=O) groups excluding carboxylic acids is 3. The first-order chi connectivity index (χ1) is 14.5. The number of fused-ring (bicyclic) bond motifs is 1. The number of ketones is 3. The highest BCUT2D eigenvalue weighted by atomic mass is 16.3. The van der Waals surface area contributed by atoms with E-state index in [4.69, 9.17) is 0 Å². The van der Waals surface area contributed by atoms with Crippen LogP contribution in [0.4, 0.5) is 0 Å². The van der Waals surface area contributed by atoms with Gasteiger partial charge in [-0.15, -0.1) is 0 Å². The first kappa shape index (κ1) is 21.5. The van der Waals surface area contributed by atoms with Crippen LogP contribution in [0.1, 0.15) is 64.9 Å². The van der Waals surface area contributed by atoms with Crippen molar-refractivity contribution < 1.29 is 19.5 Å². The van der Waals surface area contributed by atoms with Gasteiger partial charge in [-0.05, 0) is 27.2 Å². The Morgan fingerprint density at radius 1 is 0.806 bits per heavy atom. The van der Waals surface area contributed by atoms with Crippen molar-refractivity contribution in [2.24, 2.45) is 16.7 Å². The molecule has 162 valence electrons. The Morgan fingerprint density at radius 2 is 1.39 bits per heavy atom. The summed E-state index contributed by atoms with van der Waals surface area (Å²) in [6, 6.07) is 13.5. The van der Waals surface area contributed by atoms with Gasteiger partial charge < -0.3 is 5.11 Å². The number of carbonyl (C=O) groups is 3. The van der Waals surface area contributed by atoms with Gasteiger partial charge in [0.25, 0.3) is 0 Å². The van der Waals surface area contributed by atoms with Crippen molar-refractivity contribution in [2.75, 3.05) is 0 Å². The minimum absolute atomic E-state index is 0.0182. The van der Waals surface area contributed by atoms with Crippen LogP contribution in [0.3, 0.4) is 0 Å². The molecule has 0 bridgehead atoms. The summed E-state index contributed by atoms with van der Waals surface area (Å²) < 4.78 is 0. The molecule has 1 unspecified atom stereocenters. The molecule has 0 aromatic heterocycles. The minimum atomic E-state index is -0.943. The Hall–Kier alpha value is -2.75. The topological polar surface area (TPSA) is 71.4 Å². The van der Waals surface area contributed by atoms with Gasteiger partial charge in [0.05, 0.1) is 5.92 Å². The lowest BCUT2D eigenvalue weighted by Crippen LogP contribution is -2.43. The van der Waals surface area contributed by atoms with Crippen LogP contribution in [0, 0.1) is 16.7 Å². The molecule has 0 radical (unpaired) electrons. The second-order valence-electron chi connectivity index (χ2n) is 10.8. The SMILES string of the molecule is CC1(C)CC(=O)C(C(C2=C(O)CC(C)(C)CC2=O)c2cccc3ccccc23)C(=O)C1. The summed E-state index contributed by atoms with van der Waals surface area (Å²) in [4.78, 5) is 40.0. The van der Waals surface area contributed by atoms with Crippen molar-refractivity contribution in [1.29, 1.82) is 0 Å². The smallest absolute Gasteiger partial charge is 0.163 e. The molecule has 2 aromatic carbocycles. The molecule has 4 nitrogen and oxygen atoms in total.